The van der Waals surface area contributed by atoms with Crippen LogP contribution in [-0.2, 0) is 14.8 Å². The number of hydrogen-bond acceptors (Lipinski definition) is 8. The van der Waals surface area contributed by atoms with Gasteiger partial charge in [0.15, 0.2) is 0 Å². The first-order chi connectivity index (χ1) is 15.5. The molecule has 0 atom stereocenters. The highest BCUT2D eigenvalue weighted by Gasteiger charge is 2.31. The smallest absolute Gasteiger partial charge is 0.245 e. The molecule has 1 saturated heterocycles. The Morgan fingerprint density at radius 2 is 1.75 bits per heavy atom. The summed E-state index contributed by atoms with van der Waals surface area (Å²) in [5.74, 6) is 1.49. The zero-order chi connectivity index (χ0) is 22.6. The first-order valence-electron chi connectivity index (χ1n) is 10.2. The number of benzene rings is 2. The van der Waals surface area contributed by atoms with Crippen LogP contribution in [0.4, 0.5) is 0 Å². The molecule has 1 amide bonds. The second-order valence-electron chi connectivity index (χ2n) is 7.30. The fourth-order valence-electron chi connectivity index (χ4n) is 3.55. The molecule has 170 valence electrons. The number of sulfonamides is 1. The van der Waals surface area contributed by atoms with Gasteiger partial charge in [0.1, 0.15) is 27.4 Å². The van der Waals surface area contributed by atoms with Gasteiger partial charge in [-0.2, -0.15) is 13.1 Å². The second-order valence-corrected chi connectivity index (χ2v) is 9.74. The average molecular weight is 477 g/mol. The number of nitrogens with zero attached hydrogens (tertiary/aromatic N) is 4. The molecule has 32 heavy (non-hydrogen) atoms. The summed E-state index contributed by atoms with van der Waals surface area (Å²) in [6.07, 6.45) is 0.939. The Labute approximate surface area is 190 Å². The largest absolute Gasteiger partial charge is 0.497 e. The lowest BCUT2D eigenvalue weighted by molar-refractivity contribution is -0.132. The molecular weight excluding hydrogens is 452 g/mol. The van der Waals surface area contributed by atoms with Crippen LogP contribution in [0.25, 0.3) is 11.0 Å². The molecule has 4 rings (SSSR count). The van der Waals surface area contributed by atoms with Gasteiger partial charge in [0.25, 0.3) is 0 Å². The number of methoxy groups -OCH3 is 1. The van der Waals surface area contributed by atoms with Crippen LogP contribution in [0.3, 0.4) is 0 Å². The van der Waals surface area contributed by atoms with Gasteiger partial charge in [-0.05, 0) is 42.8 Å². The van der Waals surface area contributed by atoms with Gasteiger partial charge in [-0.3, -0.25) is 4.79 Å². The molecule has 3 aromatic rings. The van der Waals surface area contributed by atoms with Gasteiger partial charge in [0, 0.05) is 32.6 Å². The zero-order valence-electron chi connectivity index (χ0n) is 17.6. The molecule has 0 radical (unpaired) electrons. The molecule has 1 aromatic heterocycles. The summed E-state index contributed by atoms with van der Waals surface area (Å²) in [5, 5.41) is 0. The molecule has 1 aliphatic heterocycles. The molecule has 2 heterocycles. The van der Waals surface area contributed by atoms with Crippen LogP contribution >= 0.6 is 11.7 Å². The van der Waals surface area contributed by atoms with Crippen molar-refractivity contribution >= 4 is 38.7 Å². The quantitative estimate of drug-likeness (QED) is 0.460. The lowest BCUT2D eigenvalue weighted by Crippen LogP contribution is -2.50. The highest BCUT2D eigenvalue weighted by Crippen LogP contribution is 2.25. The van der Waals surface area contributed by atoms with Crippen molar-refractivity contribution in [1.82, 2.24) is 18.0 Å². The maximum atomic E-state index is 13.1. The van der Waals surface area contributed by atoms with Gasteiger partial charge in [0.2, 0.25) is 15.9 Å². The minimum atomic E-state index is -3.69. The molecule has 9 nitrogen and oxygen atoms in total. The van der Waals surface area contributed by atoms with E-state index >= 15 is 0 Å². The summed E-state index contributed by atoms with van der Waals surface area (Å²) in [7, 11) is -2.09. The van der Waals surface area contributed by atoms with E-state index in [1.54, 1.807) is 30.2 Å². The monoisotopic (exact) mass is 476 g/mol. The zero-order valence-corrected chi connectivity index (χ0v) is 19.3. The molecule has 1 aliphatic rings. The standard InChI is InChI=1S/C21H24N4O5S2/c1-29-16-7-9-17(10-8-16)30-15-3-6-20(26)24-11-13-25(14-12-24)32(27,28)19-5-2-4-18-21(19)23-31-22-18/h2,4-5,7-10H,3,6,11-15H2,1H3. The number of ether oxygens (including phenoxy) is 2. The van der Waals surface area contributed by atoms with Crippen LogP contribution in [0, 0.1) is 0 Å². The molecule has 0 bridgehead atoms. The minimum absolute atomic E-state index is 0.00572. The summed E-state index contributed by atoms with van der Waals surface area (Å²) < 4.78 is 46.6. The predicted octanol–water partition coefficient (Wildman–Crippen LogP) is 2.39. The number of carbonyl (C=O) groups excluding carboxylic acids is 1. The fourth-order valence-corrected chi connectivity index (χ4v) is 5.72. The Bertz CT molecular complexity index is 1170. The van der Waals surface area contributed by atoms with Gasteiger partial charge in [-0.1, -0.05) is 6.07 Å². The number of aromatic nitrogens is 2. The maximum absolute atomic E-state index is 13.1. The molecule has 11 heteroatoms. The van der Waals surface area contributed by atoms with Gasteiger partial charge in [-0.25, -0.2) is 8.42 Å². The number of rotatable bonds is 8. The first-order valence-corrected chi connectivity index (χ1v) is 12.4. The third kappa shape index (κ3) is 4.84. The number of carbonyl (C=O) groups is 1. The van der Waals surface area contributed by atoms with Crippen molar-refractivity contribution in [2.45, 2.75) is 17.7 Å². The van der Waals surface area contributed by atoms with E-state index in [1.807, 2.05) is 24.3 Å². The van der Waals surface area contributed by atoms with E-state index in [0.29, 0.717) is 43.6 Å². The molecule has 1 fully saturated rings. The molecule has 0 saturated carbocycles. The van der Waals surface area contributed by atoms with Gasteiger partial charge < -0.3 is 14.4 Å². The third-order valence-corrected chi connectivity index (χ3v) is 7.79. The topological polar surface area (TPSA) is 102 Å². The van der Waals surface area contributed by atoms with Crippen molar-refractivity contribution in [1.29, 1.82) is 0 Å². The highest BCUT2D eigenvalue weighted by atomic mass is 32.2. The average Bonchev–Trinajstić information content (AvgIpc) is 3.31. The number of hydrogen-bond donors (Lipinski definition) is 0. The van der Waals surface area contributed by atoms with E-state index in [9.17, 15) is 13.2 Å². The van der Waals surface area contributed by atoms with Crippen molar-refractivity contribution in [3.05, 3.63) is 42.5 Å². The third-order valence-electron chi connectivity index (χ3n) is 5.32. The Morgan fingerprint density at radius 1 is 1.03 bits per heavy atom. The first kappa shape index (κ1) is 22.4. The summed E-state index contributed by atoms with van der Waals surface area (Å²) in [6.45, 7) is 1.66. The number of amides is 1. The molecule has 2 aromatic carbocycles. The van der Waals surface area contributed by atoms with Crippen molar-refractivity contribution in [3.63, 3.8) is 0 Å². The van der Waals surface area contributed by atoms with E-state index in [-0.39, 0.29) is 23.9 Å². The van der Waals surface area contributed by atoms with Crippen LogP contribution < -0.4 is 9.47 Å². The molecular formula is C21H24N4O5S2. The Balaban J connectivity index is 1.26. The maximum Gasteiger partial charge on any atom is 0.245 e. The van der Waals surface area contributed by atoms with Crippen LogP contribution in [0.5, 0.6) is 11.5 Å². The highest BCUT2D eigenvalue weighted by molar-refractivity contribution is 7.89. The molecule has 0 spiro atoms. The summed E-state index contributed by atoms with van der Waals surface area (Å²) in [5.41, 5.74) is 0.967. The molecule has 0 unspecified atom stereocenters. The van der Waals surface area contributed by atoms with Crippen molar-refractivity contribution in [2.75, 3.05) is 39.9 Å². The van der Waals surface area contributed by atoms with E-state index < -0.39 is 10.0 Å². The van der Waals surface area contributed by atoms with E-state index in [4.69, 9.17) is 9.47 Å². The predicted molar refractivity (Wildman–Crippen MR) is 120 cm³/mol. The van der Waals surface area contributed by atoms with Crippen LogP contribution in [0.15, 0.2) is 47.4 Å². The summed E-state index contributed by atoms with van der Waals surface area (Å²) in [6, 6.07) is 12.3. The summed E-state index contributed by atoms with van der Waals surface area (Å²) >= 11 is 0.992. The van der Waals surface area contributed by atoms with Crippen LogP contribution in [-0.4, -0.2) is 72.2 Å². The normalized spacial score (nSPS) is 15.1. The molecule has 0 N–H and O–H groups in total. The lowest BCUT2D eigenvalue weighted by Gasteiger charge is -2.34. The van der Waals surface area contributed by atoms with Crippen molar-refractivity contribution < 1.29 is 22.7 Å². The Kier molecular flexibility index (Phi) is 6.87. The van der Waals surface area contributed by atoms with Gasteiger partial charge in [-0.15, -0.1) is 0 Å². The van der Waals surface area contributed by atoms with Gasteiger partial charge in [0.05, 0.1) is 25.4 Å². The second kappa shape index (κ2) is 9.80. The molecule has 0 aliphatic carbocycles. The van der Waals surface area contributed by atoms with Gasteiger partial charge >= 0.3 is 0 Å². The van der Waals surface area contributed by atoms with Crippen molar-refractivity contribution in [3.8, 4) is 11.5 Å². The van der Waals surface area contributed by atoms with E-state index in [2.05, 4.69) is 8.75 Å². The SMILES string of the molecule is COc1ccc(OCCCC(=O)N2CCN(S(=O)(=O)c3cccc4nsnc34)CC2)cc1. The van der Waals surface area contributed by atoms with E-state index in [1.165, 1.54) is 4.31 Å². The number of fused-ring (bicyclic) bond motifs is 1. The fraction of sp³-hybridized carbons (Fsp3) is 0.381. The van der Waals surface area contributed by atoms with Crippen molar-refractivity contribution in [2.24, 2.45) is 0 Å². The Morgan fingerprint density at radius 3 is 2.47 bits per heavy atom. The van der Waals surface area contributed by atoms with E-state index in [0.717, 1.165) is 23.2 Å². The number of piperazine rings is 1. The van der Waals surface area contributed by atoms with Crippen LogP contribution in [0.2, 0.25) is 0 Å². The minimum Gasteiger partial charge on any atom is -0.497 e. The van der Waals surface area contributed by atoms with Crippen LogP contribution in [0.1, 0.15) is 12.8 Å². The Hall–Kier alpha value is -2.76. The lowest BCUT2D eigenvalue weighted by atomic mass is 10.2. The summed E-state index contributed by atoms with van der Waals surface area (Å²) in [4.78, 5) is 14.4.